The number of fused-ring (bicyclic) bond motifs is 1. The average Bonchev–Trinajstić information content (AvgIpc) is 3.46. The minimum Gasteiger partial charge on any atom is -0.338 e. The second kappa shape index (κ2) is 9.43. The number of anilines is 1. The molecule has 2 aliphatic heterocycles. The van der Waals surface area contributed by atoms with E-state index in [-0.39, 0.29) is 23.4 Å². The van der Waals surface area contributed by atoms with Gasteiger partial charge >= 0.3 is 0 Å². The number of piperidine rings is 1. The molecule has 0 spiro atoms. The number of aromatic nitrogens is 3. The number of hydrogen-bond donors (Lipinski definition) is 1. The molecular weight excluding hydrogens is 441 g/mol. The molecule has 1 fully saturated rings. The lowest BCUT2D eigenvalue weighted by atomic mass is 9.95. The van der Waals surface area contributed by atoms with Crippen molar-refractivity contribution in [1.82, 2.24) is 19.7 Å². The second-order valence-corrected chi connectivity index (χ2v) is 9.58. The molecule has 0 atom stereocenters. The summed E-state index contributed by atoms with van der Waals surface area (Å²) in [5, 5.41) is 13.3. The number of amides is 2. The summed E-state index contributed by atoms with van der Waals surface area (Å²) in [5.74, 6) is 0.728. The van der Waals surface area contributed by atoms with Crippen LogP contribution in [-0.2, 0) is 17.8 Å². The van der Waals surface area contributed by atoms with E-state index in [1.807, 2.05) is 17.5 Å². The molecule has 2 aliphatic rings. The van der Waals surface area contributed by atoms with Crippen molar-refractivity contribution in [1.29, 1.82) is 0 Å². The molecule has 0 bridgehead atoms. The van der Waals surface area contributed by atoms with Gasteiger partial charge in [0.05, 0.1) is 10.6 Å². The number of benzene rings is 1. The molecule has 1 saturated heterocycles. The minimum absolute atomic E-state index is 0.00930. The number of aryl methyl sites for hydroxylation is 1. The monoisotopic (exact) mass is 467 g/mol. The maximum Gasteiger partial charge on any atom is 0.263 e. The van der Waals surface area contributed by atoms with E-state index < -0.39 is 5.82 Å². The summed E-state index contributed by atoms with van der Waals surface area (Å²) in [7, 11) is 0. The Balaban J connectivity index is 1.26. The molecule has 4 heterocycles. The smallest absolute Gasteiger partial charge is 0.263 e. The number of carbonyl (C=O) groups is 2. The van der Waals surface area contributed by atoms with Gasteiger partial charge in [-0.2, -0.15) is 0 Å². The van der Waals surface area contributed by atoms with Crippen LogP contribution < -0.4 is 5.32 Å². The van der Waals surface area contributed by atoms with Gasteiger partial charge in [-0.15, -0.1) is 21.5 Å². The first-order valence-corrected chi connectivity index (χ1v) is 12.3. The van der Waals surface area contributed by atoms with Crippen LogP contribution in [0.2, 0.25) is 0 Å². The summed E-state index contributed by atoms with van der Waals surface area (Å²) in [6.45, 7) is 1.88. The Kier molecular flexibility index (Phi) is 6.22. The van der Waals surface area contributed by atoms with Crippen LogP contribution in [0.15, 0.2) is 35.7 Å². The van der Waals surface area contributed by atoms with Gasteiger partial charge in [0.15, 0.2) is 5.82 Å². The normalized spacial score (nSPS) is 16.8. The number of likely N-dealkylation sites (tertiary alicyclic amines) is 1. The van der Waals surface area contributed by atoms with Crippen LogP contribution in [0.4, 0.5) is 10.1 Å². The summed E-state index contributed by atoms with van der Waals surface area (Å²) in [5.41, 5.74) is 0.893. The van der Waals surface area contributed by atoms with Gasteiger partial charge in [0.25, 0.3) is 5.91 Å². The number of hydrogen-bond acceptors (Lipinski definition) is 5. The molecule has 3 aromatic rings. The molecule has 0 aliphatic carbocycles. The minimum atomic E-state index is -0.479. The van der Waals surface area contributed by atoms with E-state index in [0.29, 0.717) is 36.6 Å². The van der Waals surface area contributed by atoms with Crippen molar-refractivity contribution in [3.63, 3.8) is 0 Å². The van der Waals surface area contributed by atoms with E-state index in [1.54, 1.807) is 17.0 Å². The quantitative estimate of drug-likeness (QED) is 0.618. The predicted molar refractivity (Wildman–Crippen MR) is 125 cm³/mol. The molecule has 33 heavy (non-hydrogen) atoms. The van der Waals surface area contributed by atoms with E-state index in [9.17, 15) is 14.0 Å². The average molecular weight is 468 g/mol. The maximum absolute atomic E-state index is 14.6. The maximum atomic E-state index is 14.6. The Morgan fingerprint density at radius 3 is 2.70 bits per heavy atom. The first-order chi connectivity index (χ1) is 16.1. The standard InChI is InChI=1S/C24H26FN5O2S/c25-18-8-7-17(22-28-27-21-6-2-1-3-11-30(21)22)15-19(18)26-23(31)16-9-12-29(13-10-16)24(32)20-5-4-14-33-20/h4-5,7-8,14-16H,1-3,6,9-13H2,(H,26,31). The number of nitrogens with zero attached hydrogens (tertiary/aromatic N) is 4. The fourth-order valence-electron chi connectivity index (χ4n) is 4.59. The highest BCUT2D eigenvalue weighted by Gasteiger charge is 2.29. The van der Waals surface area contributed by atoms with Crippen LogP contribution in [0, 0.1) is 11.7 Å². The van der Waals surface area contributed by atoms with Crippen LogP contribution in [0.25, 0.3) is 11.4 Å². The number of carbonyl (C=O) groups excluding carboxylic acids is 2. The zero-order chi connectivity index (χ0) is 22.8. The van der Waals surface area contributed by atoms with Crippen molar-refractivity contribution in [2.24, 2.45) is 5.92 Å². The summed E-state index contributed by atoms with van der Waals surface area (Å²) >= 11 is 1.42. The first kappa shape index (κ1) is 21.8. The Bertz CT molecular complexity index is 1150. The summed E-state index contributed by atoms with van der Waals surface area (Å²) in [6, 6.07) is 8.37. The number of nitrogens with one attached hydrogen (secondary N) is 1. The van der Waals surface area contributed by atoms with E-state index in [1.165, 1.54) is 17.4 Å². The lowest BCUT2D eigenvalue weighted by Crippen LogP contribution is -2.41. The fourth-order valence-corrected chi connectivity index (χ4v) is 5.29. The molecule has 2 aromatic heterocycles. The topological polar surface area (TPSA) is 80.1 Å². The van der Waals surface area contributed by atoms with Gasteiger partial charge in [-0.25, -0.2) is 4.39 Å². The Morgan fingerprint density at radius 1 is 1.06 bits per heavy atom. The Morgan fingerprint density at radius 2 is 1.91 bits per heavy atom. The molecule has 7 nitrogen and oxygen atoms in total. The molecule has 172 valence electrons. The van der Waals surface area contributed by atoms with E-state index in [2.05, 4.69) is 20.1 Å². The molecule has 0 radical (unpaired) electrons. The van der Waals surface area contributed by atoms with Gasteiger partial charge < -0.3 is 14.8 Å². The molecule has 1 N–H and O–H groups in total. The van der Waals surface area contributed by atoms with Crippen LogP contribution in [0.3, 0.4) is 0 Å². The number of rotatable bonds is 4. The van der Waals surface area contributed by atoms with Gasteiger partial charge in [0.2, 0.25) is 5.91 Å². The molecule has 9 heteroatoms. The Hall–Kier alpha value is -3.07. The molecule has 2 amide bonds. The predicted octanol–water partition coefficient (Wildman–Crippen LogP) is 4.36. The van der Waals surface area contributed by atoms with Crippen molar-refractivity contribution >= 4 is 28.8 Å². The van der Waals surface area contributed by atoms with E-state index in [0.717, 1.165) is 43.6 Å². The summed E-state index contributed by atoms with van der Waals surface area (Å²) in [4.78, 5) is 27.9. The largest absolute Gasteiger partial charge is 0.338 e. The highest BCUT2D eigenvalue weighted by Crippen LogP contribution is 2.28. The Labute approximate surface area is 195 Å². The van der Waals surface area contributed by atoms with Crippen molar-refractivity contribution in [2.75, 3.05) is 18.4 Å². The zero-order valence-corrected chi connectivity index (χ0v) is 19.1. The summed E-state index contributed by atoms with van der Waals surface area (Å²) < 4.78 is 16.7. The first-order valence-electron chi connectivity index (χ1n) is 11.5. The second-order valence-electron chi connectivity index (χ2n) is 8.63. The van der Waals surface area contributed by atoms with Gasteiger partial charge in [-0.3, -0.25) is 9.59 Å². The lowest BCUT2D eigenvalue weighted by molar-refractivity contribution is -0.121. The third kappa shape index (κ3) is 4.55. The highest BCUT2D eigenvalue weighted by atomic mass is 32.1. The third-order valence-corrected chi connectivity index (χ3v) is 7.33. The van der Waals surface area contributed by atoms with E-state index in [4.69, 9.17) is 0 Å². The van der Waals surface area contributed by atoms with Gasteiger partial charge in [0, 0.05) is 37.5 Å². The molecule has 5 rings (SSSR count). The zero-order valence-electron chi connectivity index (χ0n) is 18.3. The van der Waals surface area contributed by atoms with Crippen molar-refractivity contribution in [3.8, 4) is 11.4 Å². The van der Waals surface area contributed by atoms with Gasteiger partial charge in [-0.05, 0) is 55.3 Å². The van der Waals surface area contributed by atoms with Crippen LogP contribution in [0.1, 0.15) is 47.6 Å². The van der Waals surface area contributed by atoms with Crippen LogP contribution >= 0.6 is 11.3 Å². The van der Waals surface area contributed by atoms with E-state index >= 15 is 0 Å². The molecule has 0 saturated carbocycles. The van der Waals surface area contributed by atoms with Gasteiger partial charge in [0.1, 0.15) is 11.6 Å². The van der Waals surface area contributed by atoms with Gasteiger partial charge in [-0.1, -0.05) is 12.5 Å². The fraction of sp³-hybridized carbons (Fsp3) is 0.417. The van der Waals surface area contributed by atoms with Crippen molar-refractivity contribution in [2.45, 2.75) is 45.1 Å². The van der Waals surface area contributed by atoms with Crippen molar-refractivity contribution in [3.05, 3.63) is 52.2 Å². The number of thiophene rings is 1. The highest BCUT2D eigenvalue weighted by molar-refractivity contribution is 7.12. The van der Waals surface area contributed by atoms with Crippen LogP contribution in [-0.4, -0.2) is 44.6 Å². The third-order valence-electron chi connectivity index (χ3n) is 6.48. The SMILES string of the molecule is O=C(Nc1cc(-c2nnc3n2CCCCC3)ccc1F)C1CCN(C(=O)c2cccs2)CC1. The molecular formula is C24H26FN5O2S. The summed E-state index contributed by atoms with van der Waals surface area (Å²) in [6.07, 6.45) is 5.33. The van der Waals surface area contributed by atoms with Crippen molar-refractivity contribution < 1.29 is 14.0 Å². The number of halogens is 1. The molecule has 1 aromatic carbocycles. The molecule has 0 unspecified atom stereocenters. The van der Waals surface area contributed by atoms with Crippen LogP contribution in [0.5, 0.6) is 0 Å². The lowest BCUT2D eigenvalue weighted by Gasteiger charge is -2.31.